The zero-order chi connectivity index (χ0) is 26.7. The Hall–Kier alpha value is -2.90. The van der Waals surface area contributed by atoms with Crippen molar-refractivity contribution in [2.45, 2.75) is 50.4 Å². The predicted octanol–water partition coefficient (Wildman–Crippen LogP) is 3.07. The molecule has 0 radical (unpaired) electrons. The number of benzene rings is 2. The standard InChI is InChI=1S/C32H41N3O4/c36-30(34-28-3-1-2-26(19-28)31(37)33-9-10-35-11-14-38-15-12-35)8-13-39-29-6-4-27(5-7-29)32-20-23-16-24(21-32)18-25(17-23)22-32/h1-7,19,23-25H,8-18,20-22H2,(H,33,37)(H,34,36)/p+2. The number of quaternary nitrogens is 1. The normalized spacial score (nSPS) is 27.7. The van der Waals surface area contributed by atoms with Crippen LogP contribution in [0.4, 0.5) is 5.69 Å². The average molecular weight is 534 g/mol. The maximum atomic E-state index is 12.6. The number of ether oxygens (including phenoxy) is 2. The van der Waals surface area contributed by atoms with Crippen LogP contribution in [0.2, 0.25) is 0 Å². The number of anilines is 1. The van der Waals surface area contributed by atoms with Crippen molar-refractivity contribution in [2.24, 2.45) is 17.8 Å². The molecule has 208 valence electrons. The van der Waals surface area contributed by atoms with Crippen molar-refractivity contribution < 1.29 is 24.0 Å². The summed E-state index contributed by atoms with van der Waals surface area (Å²) >= 11 is 0. The van der Waals surface area contributed by atoms with Gasteiger partial charge in [0.15, 0.2) is 6.61 Å². The molecular formula is C32H43N3O4+2. The molecule has 1 heterocycles. The molecule has 7 nitrogen and oxygen atoms in total. The van der Waals surface area contributed by atoms with Crippen LogP contribution in [0, 0.1) is 17.8 Å². The highest BCUT2D eigenvalue weighted by Gasteiger charge is 2.51. The molecule has 0 unspecified atom stereocenters. The molecule has 1 saturated heterocycles. The number of hydrogen-bond acceptors (Lipinski definition) is 3. The molecule has 2 aromatic carbocycles. The first-order chi connectivity index (χ1) is 19.0. The van der Waals surface area contributed by atoms with E-state index in [2.05, 4.69) is 39.6 Å². The first-order valence-corrected chi connectivity index (χ1v) is 14.9. The van der Waals surface area contributed by atoms with Gasteiger partial charge >= 0.3 is 0 Å². The quantitative estimate of drug-likeness (QED) is 0.411. The molecule has 2 amide bonds. The topological polar surface area (TPSA) is 84.7 Å². The van der Waals surface area contributed by atoms with Crippen LogP contribution >= 0.6 is 0 Å². The van der Waals surface area contributed by atoms with Gasteiger partial charge in [-0.05, 0) is 97.6 Å². The minimum atomic E-state index is -0.120. The van der Waals surface area contributed by atoms with Gasteiger partial charge in [0, 0.05) is 23.4 Å². The number of aliphatic hydroxyl groups is 1. The number of aromatic hydroxyl groups is 1. The van der Waals surface area contributed by atoms with Gasteiger partial charge in [0.05, 0.1) is 26.3 Å². The Labute approximate surface area is 231 Å². The third kappa shape index (κ3) is 6.30. The molecule has 0 aromatic heterocycles. The Morgan fingerprint density at radius 2 is 1.64 bits per heavy atom. The van der Waals surface area contributed by atoms with Crippen molar-refractivity contribution in [3.63, 3.8) is 0 Å². The van der Waals surface area contributed by atoms with Gasteiger partial charge in [-0.3, -0.25) is 9.59 Å². The molecule has 39 heavy (non-hydrogen) atoms. The number of morpholine rings is 1. The van der Waals surface area contributed by atoms with E-state index in [4.69, 9.17) is 4.74 Å². The molecule has 2 aromatic rings. The monoisotopic (exact) mass is 533 g/mol. The lowest BCUT2D eigenvalue weighted by Gasteiger charge is -2.57. The summed E-state index contributed by atoms with van der Waals surface area (Å²) in [7, 11) is 0. The van der Waals surface area contributed by atoms with E-state index < -0.39 is 0 Å². The Morgan fingerprint density at radius 1 is 0.949 bits per heavy atom. The zero-order valence-corrected chi connectivity index (χ0v) is 22.9. The number of carbonyl (C=O) groups excluding carboxylic acids is 2. The highest BCUT2D eigenvalue weighted by Crippen LogP contribution is 2.60. The fraction of sp³-hybridized carbons (Fsp3) is 0.562. The highest BCUT2D eigenvalue weighted by atomic mass is 16.5. The van der Waals surface area contributed by atoms with Crippen molar-refractivity contribution in [2.75, 3.05) is 51.3 Å². The second kappa shape index (κ2) is 11.7. The molecule has 4 aliphatic carbocycles. The van der Waals surface area contributed by atoms with Crippen LogP contribution in [0.5, 0.6) is 5.75 Å². The van der Waals surface area contributed by atoms with Crippen molar-refractivity contribution in [3.8, 4) is 5.75 Å². The summed E-state index contributed by atoms with van der Waals surface area (Å²) in [5.74, 6) is 3.54. The van der Waals surface area contributed by atoms with Crippen molar-refractivity contribution >= 4 is 17.5 Å². The summed E-state index contributed by atoms with van der Waals surface area (Å²) in [5, 5.41) is 5.91. The average Bonchev–Trinajstić information content (AvgIpc) is 2.93. The number of carbonyl (C=O) groups is 2. The van der Waals surface area contributed by atoms with E-state index in [-0.39, 0.29) is 11.8 Å². The van der Waals surface area contributed by atoms with Gasteiger partial charge in [-0.2, -0.15) is 0 Å². The van der Waals surface area contributed by atoms with E-state index in [0.717, 1.165) is 56.4 Å². The second-order valence-electron chi connectivity index (χ2n) is 12.4. The van der Waals surface area contributed by atoms with Crippen LogP contribution in [0.15, 0.2) is 48.5 Å². The molecule has 5 fully saturated rings. The van der Waals surface area contributed by atoms with Gasteiger partial charge in [0.1, 0.15) is 19.5 Å². The third-order valence-corrected chi connectivity index (χ3v) is 9.52. The van der Waals surface area contributed by atoms with Crippen LogP contribution in [-0.4, -0.2) is 62.6 Å². The summed E-state index contributed by atoms with van der Waals surface area (Å²) in [6.07, 6.45) is 8.79. The SMILES string of the molecule is O=C(CC[OH+]c1ccc(C23CC4CC(CC(C4)C2)C3)cc1)Nc1cccc(C(=O)NCC[NH+]2CCOCC2)c1. The van der Waals surface area contributed by atoms with Crippen LogP contribution in [0.1, 0.15) is 60.9 Å². The van der Waals surface area contributed by atoms with Crippen LogP contribution < -0.4 is 15.5 Å². The molecular weight excluding hydrogens is 490 g/mol. The van der Waals surface area contributed by atoms with Gasteiger partial charge < -0.3 is 25.0 Å². The second-order valence-corrected chi connectivity index (χ2v) is 12.4. The number of hydrogen-bond donors (Lipinski definition) is 3. The Balaban J connectivity index is 0.940. The molecule has 0 atom stereocenters. The smallest absolute Gasteiger partial charge is 0.254 e. The number of nitrogens with one attached hydrogen (secondary N) is 3. The van der Waals surface area contributed by atoms with E-state index >= 15 is 0 Å². The lowest BCUT2D eigenvalue weighted by atomic mass is 9.48. The molecule has 4 bridgehead atoms. The largest absolute Gasteiger partial charge is 0.582 e. The fourth-order valence-corrected chi connectivity index (χ4v) is 8.00. The van der Waals surface area contributed by atoms with Gasteiger partial charge in [-0.25, -0.2) is 0 Å². The summed E-state index contributed by atoms with van der Waals surface area (Å²) < 4.78 is 10.0. The van der Waals surface area contributed by atoms with Crippen molar-refractivity contribution in [1.29, 1.82) is 0 Å². The van der Waals surface area contributed by atoms with E-state index in [1.165, 1.54) is 49.0 Å². The van der Waals surface area contributed by atoms with Gasteiger partial charge in [0.25, 0.3) is 11.7 Å². The zero-order valence-electron chi connectivity index (χ0n) is 22.9. The van der Waals surface area contributed by atoms with E-state index in [0.29, 0.717) is 36.2 Å². The Kier molecular flexibility index (Phi) is 7.89. The fourth-order valence-electron chi connectivity index (χ4n) is 8.00. The Bertz CT molecular complexity index is 1120. The molecule has 4 saturated carbocycles. The lowest BCUT2D eigenvalue weighted by molar-refractivity contribution is -0.906. The molecule has 0 spiro atoms. The minimum Gasteiger partial charge on any atom is -0.582 e. The van der Waals surface area contributed by atoms with Gasteiger partial charge in [-0.15, -0.1) is 0 Å². The molecule has 4 N–H and O–H groups in total. The molecule has 1 aliphatic heterocycles. The third-order valence-electron chi connectivity index (χ3n) is 9.52. The van der Waals surface area contributed by atoms with E-state index in [1.54, 1.807) is 18.2 Å². The summed E-state index contributed by atoms with van der Waals surface area (Å²) in [6, 6.07) is 16.0. The molecule has 7 heteroatoms. The van der Waals surface area contributed by atoms with Gasteiger partial charge in [-0.1, -0.05) is 6.07 Å². The first kappa shape index (κ1) is 26.3. The van der Waals surface area contributed by atoms with Crippen molar-refractivity contribution in [3.05, 3.63) is 59.7 Å². The van der Waals surface area contributed by atoms with E-state index in [1.807, 2.05) is 6.07 Å². The lowest BCUT2D eigenvalue weighted by Crippen LogP contribution is -3.14. The van der Waals surface area contributed by atoms with Gasteiger partial charge in [0.2, 0.25) is 5.91 Å². The molecule has 5 aliphatic rings. The molecule has 7 rings (SSSR count). The summed E-state index contributed by atoms with van der Waals surface area (Å²) in [4.78, 5) is 26.6. The predicted molar refractivity (Wildman–Crippen MR) is 151 cm³/mol. The van der Waals surface area contributed by atoms with Crippen LogP contribution in [-0.2, 0) is 14.9 Å². The summed E-state index contributed by atoms with van der Waals surface area (Å²) in [5.41, 5.74) is 3.09. The van der Waals surface area contributed by atoms with Crippen LogP contribution in [0.3, 0.4) is 0 Å². The highest BCUT2D eigenvalue weighted by molar-refractivity contribution is 5.97. The number of rotatable bonds is 10. The van der Waals surface area contributed by atoms with E-state index in [9.17, 15) is 9.59 Å². The maximum Gasteiger partial charge on any atom is 0.254 e. The van der Waals surface area contributed by atoms with Crippen molar-refractivity contribution in [1.82, 2.24) is 5.32 Å². The number of amides is 2. The first-order valence-electron chi connectivity index (χ1n) is 14.9. The Morgan fingerprint density at radius 3 is 2.33 bits per heavy atom. The summed E-state index contributed by atoms with van der Waals surface area (Å²) in [6.45, 7) is 5.48. The minimum absolute atomic E-state index is 0.0996. The maximum absolute atomic E-state index is 12.6. The van der Waals surface area contributed by atoms with Crippen LogP contribution in [0.25, 0.3) is 0 Å².